The van der Waals surface area contributed by atoms with Gasteiger partial charge in [-0.25, -0.2) is 9.78 Å². The number of thiazole rings is 1. The maximum Gasteiger partial charge on any atom is 0.338 e. The minimum Gasteiger partial charge on any atom is -0.453 e. The van der Waals surface area contributed by atoms with Crippen molar-refractivity contribution in [2.75, 3.05) is 19.8 Å². The standard InChI is InChI=1S/C21H22N2O6S/c1-3-4-7-23-18(24)14-6-5-13(10-15(14)19(23)25)20(26)29-12(2)16-11-22-17(30-16)21-27-8-9-28-21/h5-6,10-12,21H,3-4,7-9H2,1-2H3/t12-/m1/s1. The lowest BCUT2D eigenvalue weighted by Crippen LogP contribution is -2.30. The normalized spacial score (nSPS) is 17.5. The van der Waals surface area contributed by atoms with Crippen LogP contribution in [0.3, 0.4) is 0 Å². The lowest BCUT2D eigenvalue weighted by atomic mass is 10.1. The van der Waals surface area contributed by atoms with Crippen molar-refractivity contribution in [1.29, 1.82) is 0 Å². The van der Waals surface area contributed by atoms with Crippen molar-refractivity contribution in [3.8, 4) is 0 Å². The first kappa shape index (κ1) is 20.6. The molecule has 0 saturated carbocycles. The summed E-state index contributed by atoms with van der Waals surface area (Å²) in [6, 6.07) is 4.47. The van der Waals surface area contributed by atoms with E-state index in [1.807, 2.05) is 6.92 Å². The monoisotopic (exact) mass is 430 g/mol. The van der Waals surface area contributed by atoms with Crippen LogP contribution in [0.2, 0.25) is 0 Å². The van der Waals surface area contributed by atoms with Gasteiger partial charge < -0.3 is 14.2 Å². The van der Waals surface area contributed by atoms with Crippen LogP contribution in [0.1, 0.15) is 80.0 Å². The molecule has 2 aliphatic rings. The Labute approximate surface area is 177 Å². The average Bonchev–Trinajstić information content (AvgIpc) is 3.48. The lowest BCUT2D eigenvalue weighted by Gasteiger charge is -2.12. The molecule has 9 heteroatoms. The van der Waals surface area contributed by atoms with E-state index in [9.17, 15) is 14.4 Å². The molecule has 1 atom stereocenters. The van der Waals surface area contributed by atoms with Gasteiger partial charge in [0.2, 0.25) is 6.29 Å². The number of hydrogen-bond acceptors (Lipinski definition) is 8. The van der Waals surface area contributed by atoms with E-state index in [4.69, 9.17) is 14.2 Å². The summed E-state index contributed by atoms with van der Waals surface area (Å²) in [4.78, 5) is 43.9. The Morgan fingerprint density at radius 1 is 1.27 bits per heavy atom. The number of hydrogen-bond donors (Lipinski definition) is 0. The molecule has 1 saturated heterocycles. The van der Waals surface area contributed by atoms with Crippen molar-refractivity contribution in [1.82, 2.24) is 9.88 Å². The molecule has 158 valence electrons. The van der Waals surface area contributed by atoms with Crippen LogP contribution in [0, 0.1) is 0 Å². The third-order valence-electron chi connectivity index (χ3n) is 4.99. The number of rotatable bonds is 7. The largest absolute Gasteiger partial charge is 0.453 e. The third-order valence-corrected chi connectivity index (χ3v) is 6.17. The predicted octanol–water partition coefficient (Wildman–Crippen LogP) is 3.50. The van der Waals surface area contributed by atoms with Gasteiger partial charge in [-0.1, -0.05) is 13.3 Å². The summed E-state index contributed by atoms with van der Waals surface area (Å²) in [7, 11) is 0. The molecule has 8 nitrogen and oxygen atoms in total. The maximum atomic E-state index is 12.6. The molecule has 0 aliphatic carbocycles. The van der Waals surface area contributed by atoms with Gasteiger partial charge in [0.25, 0.3) is 11.8 Å². The van der Waals surface area contributed by atoms with Crippen molar-refractivity contribution in [3.05, 3.63) is 51.0 Å². The zero-order chi connectivity index (χ0) is 21.3. The number of ether oxygens (including phenoxy) is 3. The quantitative estimate of drug-likeness (QED) is 0.490. The van der Waals surface area contributed by atoms with Crippen molar-refractivity contribution in [2.45, 2.75) is 39.1 Å². The molecular formula is C21H22N2O6S. The lowest BCUT2D eigenvalue weighted by molar-refractivity contribution is -0.0442. The van der Waals surface area contributed by atoms with Gasteiger partial charge in [-0.05, 0) is 31.5 Å². The molecule has 1 fully saturated rings. The maximum absolute atomic E-state index is 12.6. The summed E-state index contributed by atoms with van der Waals surface area (Å²) >= 11 is 1.36. The number of amides is 2. The molecule has 4 rings (SSSR count). The zero-order valence-electron chi connectivity index (χ0n) is 16.8. The molecule has 0 spiro atoms. The van der Waals surface area contributed by atoms with Crippen molar-refractivity contribution < 1.29 is 28.6 Å². The third kappa shape index (κ3) is 3.88. The molecule has 2 aliphatic heterocycles. The molecule has 3 heterocycles. The highest BCUT2D eigenvalue weighted by molar-refractivity contribution is 7.11. The molecule has 1 aromatic heterocycles. The minimum absolute atomic E-state index is 0.228. The molecule has 2 amide bonds. The van der Waals surface area contributed by atoms with Crippen LogP contribution in [0.25, 0.3) is 0 Å². The number of imide groups is 1. The van der Waals surface area contributed by atoms with Crippen LogP contribution in [-0.2, 0) is 14.2 Å². The number of unbranched alkanes of at least 4 members (excludes halogenated alkanes) is 1. The highest BCUT2D eigenvalue weighted by Crippen LogP contribution is 2.32. The number of fused-ring (bicyclic) bond motifs is 1. The Balaban J connectivity index is 1.45. The van der Waals surface area contributed by atoms with Gasteiger partial charge >= 0.3 is 5.97 Å². The van der Waals surface area contributed by atoms with Gasteiger partial charge in [0.15, 0.2) is 0 Å². The molecule has 0 N–H and O–H groups in total. The van der Waals surface area contributed by atoms with Gasteiger partial charge in [0.1, 0.15) is 11.1 Å². The summed E-state index contributed by atoms with van der Waals surface area (Å²) in [5.41, 5.74) is 0.796. The fourth-order valence-electron chi connectivity index (χ4n) is 3.32. The Hall–Kier alpha value is -2.62. The van der Waals surface area contributed by atoms with Gasteiger partial charge in [-0.2, -0.15) is 0 Å². The molecule has 1 aromatic carbocycles. The van der Waals surface area contributed by atoms with Crippen LogP contribution in [0.5, 0.6) is 0 Å². The summed E-state index contributed by atoms with van der Waals surface area (Å²) in [6.45, 7) is 5.17. The number of carbonyl (C=O) groups excluding carboxylic acids is 3. The van der Waals surface area contributed by atoms with E-state index in [0.717, 1.165) is 17.7 Å². The minimum atomic E-state index is -0.569. The summed E-state index contributed by atoms with van der Waals surface area (Å²) < 4.78 is 16.4. The van der Waals surface area contributed by atoms with Gasteiger partial charge in [-0.15, -0.1) is 11.3 Å². The van der Waals surface area contributed by atoms with Gasteiger partial charge in [0, 0.05) is 12.7 Å². The number of nitrogens with zero attached hydrogens (tertiary/aromatic N) is 2. The van der Waals surface area contributed by atoms with E-state index in [1.54, 1.807) is 13.1 Å². The molecule has 0 unspecified atom stereocenters. The van der Waals surface area contributed by atoms with E-state index < -0.39 is 18.4 Å². The van der Waals surface area contributed by atoms with Crippen LogP contribution >= 0.6 is 11.3 Å². The topological polar surface area (TPSA) is 95.0 Å². The summed E-state index contributed by atoms with van der Waals surface area (Å²) in [6.07, 6.45) is 2.26. The van der Waals surface area contributed by atoms with Gasteiger partial charge in [-0.3, -0.25) is 14.5 Å². The zero-order valence-corrected chi connectivity index (χ0v) is 17.6. The molecule has 0 radical (unpaired) electrons. The van der Waals surface area contributed by atoms with E-state index in [1.165, 1.54) is 34.4 Å². The Bertz CT molecular complexity index is 982. The van der Waals surface area contributed by atoms with Crippen LogP contribution in [-0.4, -0.2) is 47.4 Å². The first-order chi connectivity index (χ1) is 14.5. The summed E-state index contributed by atoms with van der Waals surface area (Å²) in [5, 5.41) is 0.680. The first-order valence-corrected chi connectivity index (χ1v) is 10.7. The Morgan fingerprint density at radius 2 is 2.00 bits per heavy atom. The van der Waals surface area contributed by atoms with Gasteiger partial charge in [0.05, 0.1) is 34.8 Å². The second kappa shape index (κ2) is 8.63. The molecule has 30 heavy (non-hydrogen) atoms. The van der Waals surface area contributed by atoms with Crippen LogP contribution in [0.15, 0.2) is 24.4 Å². The average molecular weight is 430 g/mol. The van der Waals surface area contributed by atoms with E-state index in [-0.39, 0.29) is 22.9 Å². The van der Waals surface area contributed by atoms with Crippen LogP contribution in [0.4, 0.5) is 0 Å². The van der Waals surface area contributed by atoms with Crippen molar-refractivity contribution in [3.63, 3.8) is 0 Å². The second-order valence-corrected chi connectivity index (χ2v) is 8.19. The number of aromatic nitrogens is 1. The van der Waals surface area contributed by atoms with E-state index in [2.05, 4.69) is 4.98 Å². The van der Waals surface area contributed by atoms with E-state index in [0.29, 0.717) is 30.3 Å². The predicted molar refractivity (Wildman–Crippen MR) is 107 cm³/mol. The van der Waals surface area contributed by atoms with Crippen molar-refractivity contribution in [2.24, 2.45) is 0 Å². The van der Waals surface area contributed by atoms with Crippen molar-refractivity contribution >= 4 is 29.1 Å². The Kier molecular flexibility index (Phi) is 5.94. The number of benzene rings is 1. The van der Waals surface area contributed by atoms with Crippen LogP contribution < -0.4 is 0 Å². The van der Waals surface area contributed by atoms with E-state index >= 15 is 0 Å². The fourth-order valence-corrected chi connectivity index (χ4v) is 4.22. The molecule has 2 aromatic rings. The number of carbonyl (C=O) groups is 3. The first-order valence-electron chi connectivity index (χ1n) is 9.89. The smallest absolute Gasteiger partial charge is 0.338 e. The fraction of sp³-hybridized carbons (Fsp3) is 0.429. The highest BCUT2D eigenvalue weighted by atomic mass is 32.1. The molecular weight excluding hydrogens is 408 g/mol. The highest BCUT2D eigenvalue weighted by Gasteiger charge is 2.35. The Morgan fingerprint density at radius 3 is 2.73 bits per heavy atom. The number of esters is 1. The molecule has 0 bridgehead atoms. The second-order valence-electron chi connectivity index (χ2n) is 7.10. The SMILES string of the molecule is CCCCN1C(=O)c2ccc(C(=O)O[C@H](C)c3cnc(C4OCCO4)s3)cc2C1=O. The summed E-state index contributed by atoms with van der Waals surface area (Å²) in [5.74, 6) is -1.25.